The Morgan fingerprint density at radius 2 is 2.00 bits per heavy atom. The van der Waals surface area contributed by atoms with Crippen molar-refractivity contribution < 1.29 is 0 Å². The second-order valence-corrected chi connectivity index (χ2v) is 5.84. The third-order valence-electron chi connectivity index (χ3n) is 3.83. The van der Waals surface area contributed by atoms with Crippen molar-refractivity contribution >= 4 is 0 Å². The van der Waals surface area contributed by atoms with Gasteiger partial charge >= 0.3 is 0 Å². The molecule has 0 radical (unpaired) electrons. The summed E-state index contributed by atoms with van der Waals surface area (Å²) >= 11 is 0. The lowest BCUT2D eigenvalue weighted by atomic mass is 9.70. The molecule has 2 unspecified atom stereocenters. The molecule has 0 saturated heterocycles. The highest BCUT2D eigenvalue weighted by Gasteiger charge is 2.39. The molecule has 0 spiro atoms. The zero-order valence-electron chi connectivity index (χ0n) is 11.1. The molecule has 1 rings (SSSR count). The molecule has 1 aliphatic carbocycles. The number of hydrogen-bond donors (Lipinski definition) is 1. The highest BCUT2D eigenvalue weighted by Crippen LogP contribution is 2.37. The summed E-state index contributed by atoms with van der Waals surface area (Å²) < 4.78 is 0. The molecule has 0 amide bonds. The highest BCUT2D eigenvalue weighted by molar-refractivity contribution is 4.96. The van der Waals surface area contributed by atoms with Crippen LogP contribution in [0.5, 0.6) is 0 Å². The number of likely N-dealkylation sites (N-methyl/N-ethyl adjacent to an activating group) is 1. The molecule has 0 aromatic rings. The third-order valence-corrected chi connectivity index (χ3v) is 3.83. The fraction of sp³-hybridized carbons (Fsp3) is 1.00. The zero-order valence-corrected chi connectivity index (χ0v) is 11.1. The highest BCUT2D eigenvalue weighted by atomic mass is 15.1. The van der Waals surface area contributed by atoms with Crippen LogP contribution in [0.2, 0.25) is 0 Å². The molecular weight excluding hydrogens is 184 g/mol. The van der Waals surface area contributed by atoms with Crippen molar-refractivity contribution in [1.82, 2.24) is 10.2 Å². The normalized spacial score (nSPS) is 30.8. The average Bonchev–Trinajstić information content (AvgIpc) is 2.14. The minimum Gasteiger partial charge on any atom is -0.312 e. The number of nitrogens with zero attached hydrogens (tertiary/aromatic N) is 1. The smallest absolute Gasteiger partial charge is 0.0274 e. The number of rotatable bonds is 4. The molecule has 2 nitrogen and oxygen atoms in total. The van der Waals surface area contributed by atoms with Crippen molar-refractivity contribution in [2.45, 2.75) is 58.5 Å². The molecule has 0 bridgehead atoms. The average molecular weight is 212 g/mol. The Bertz CT molecular complexity index is 187. The predicted octanol–water partition coefficient (Wildman–Crippen LogP) is 2.49. The first-order valence-electron chi connectivity index (χ1n) is 6.39. The van der Waals surface area contributed by atoms with Crippen LogP contribution in [0.25, 0.3) is 0 Å². The van der Waals surface area contributed by atoms with Crippen molar-refractivity contribution in [3.8, 4) is 0 Å². The predicted molar refractivity (Wildman–Crippen MR) is 67.2 cm³/mol. The van der Waals surface area contributed by atoms with E-state index in [-0.39, 0.29) is 0 Å². The van der Waals surface area contributed by atoms with E-state index in [4.69, 9.17) is 0 Å². The van der Waals surface area contributed by atoms with Crippen LogP contribution < -0.4 is 5.32 Å². The summed E-state index contributed by atoms with van der Waals surface area (Å²) in [6.07, 6.45) is 5.31. The lowest BCUT2D eigenvalue weighted by Crippen LogP contribution is -2.57. The molecule has 0 aromatic carbocycles. The second-order valence-electron chi connectivity index (χ2n) is 5.84. The first kappa shape index (κ1) is 13.0. The fourth-order valence-electron chi connectivity index (χ4n) is 2.88. The first-order valence-corrected chi connectivity index (χ1v) is 6.39. The Balaban J connectivity index is 2.68. The van der Waals surface area contributed by atoms with Gasteiger partial charge in [-0.2, -0.15) is 0 Å². The molecule has 2 heteroatoms. The van der Waals surface area contributed by atoms with E-state index < -0.39 is 0 Å². The van der Waals surface area contributed by atoms with Crippen LogP contribution in [-0.4, -0.2) is 37.6 Å². The van der Waals surface area contributed by atoms with E-state index in [0.717, 1.165) is 6.54 Å². The Morgan fingerprint density at radius 1 is 1.33 bits per heavy atom. The quantitative estimate of drug-likeness (QED) is 0.770. The van der Waals surface area contributed by atoms with Crippen LogP contribution in [0.4, 0.5) is 0 Å². The summed E-state index contributed by atoms with van der Waals surface area (Å²) in [4.78, 5) is 2.40. The van der Waals surface area contributed by atoms with E-state index in [1.807, 2.05) is 0 Å². The number of nitrogens with one attached hydrogen (secondary N) is 1. The summed E-state index contributed by atoms with van der Waals surface area (Å²) in [5.74, 6) is 0. The Hall–Kier alpha value is -0.0800. The van der Waals surface area contributed by atoms with Gasteiger partial charge in [0.05, 0.1) is 0 Å². The van der Waals surface area contributed by atoms with Crippen LogP contribution in [0, 0.1) is 5.41 Å². The van der Waals surface area contributed by atoms with E-state index in [9.17, 15) is 0 Å². The summed E-state index contributed by atoms with van der Waals surface area (Å²) in [6, 6.07) is 1.36. The van der Waals surface area contributed by atoms with Gasteiger partial charge in [-0.1, -0.05) is 27.2 Å². The van der Waals surface area contributed by atoms with E-state index >= 15 is 0 Å². The Kier molecular flexibility index (Phi) is 4.60. The lowest BCUT2D eigenvalue weighted by molar-refractivity contribution is 0.0760. The van der Waals surface area contributed by atoms with Gasteiger partial charge in [-0.15, -0.1) is 0 Å². The van der Waals surface area contributed by atoms with Gasteiger partial charge in [-0.25, -0.2) is 0 Å². The molecule has 15 heavy (non-hydrogen) atoms. The van der Waals surface area contributed by atoms with Crippen LogP contribution in [0.15, 0.2) is 0 Å². The molecule has 0 heterocycles. The van der Waals surface area contributed by atoms with Crippen molar-refractivity contribution in [2.24, 2.45) is 5.41 Å². The van der Waals surface area contributed by atoms with Gasteiger partial charge in [-0.05, 0) is 45.3 Å². The van der Waals surface area contributed by atoms with E-state index in [0.29, 0.717) is 17.5 Å². The molecule has 1 saturated carbocycles. The lowest BCUT2D eigenvalue weighted by Gasteiger charge is -2.47. The molecule has 2 atom stereocenters. The second kappa shape index (κ2) is 5.31. The standard InChI is InChI=1S/C13H28N2/c1-6-10-14-12-11(15(4)5)8-7-9-13(12,2)3/h11-12,14H,6-10H2,1-5H3. The monoisotopic (exact) mass is 212 g/mol. The van der Waals surface area contributed by atoms with Gasteiger partial charge in [0.1, 0.15) is 0 Å². The summed E-state index contributed by atoms with van der Waals surface area (Å²) in [5, 5.41) is 3.75. The van der Waals surface area contributed by atoms with Gasteiger partial charge in [0.15, 0.2) is 0 Å². The summed E-state index contributed by atoms with van der Waals surface area (Å²) in [6.45, 7) is 8.22. The van der Waals surface area contributed by atoms with Gasteiger partial charge < -0.3 is 10.2 Å². The van der Waals surface area contributed by atoms with Crippen molar-refractivity contribution in [3.05, 3.63) is 0 Å². The molecule has 0 aromatic heterocycles. The van der Waals surface area contributed by atoms with Crippen LogP contribution in [0.3, 0.4) is 0 Å². The van der Waals surface area contributed by atoms with E-state index in [1.54, 1.807) is 0 Å². The maximum absolute atomic E-state index is 3.75. The van der Waals surface area contributed by atoms with Gasteiger partial charge in [-0.3, -0.25) is 0 Å². The SMILES string of the molecule is CCCNC1C(N(C)C)CCCC1(C)C. The molecule has 1 N–H and O–H groups in total. The van der Waals surface area contributed by atoms with E-state index in [2.05, 4.69) is 45.1 Å². The molecule has 0 aliphatic heterocycles. The van der Waals surface area contributed by atoms with Gasteiger partial charge in [0, 0.05) is 12.1 Å². The summed E-state index contributed by atoms with van der Waals surface area (Å²) in [7, 11) is 4.43. The topological polar surface area (TPSA) is 15.3 Å². The minimum atomic E-state index is 0.447. The Morgan fingerprint density at radius 3 is 2.53 bits per heavy atom. The first-order chi connectivity index (χ1) is 6.99. The largest absolute Gasteiger partial charge is 0.312 e. The molecule has 1 aliphatic rings. The van der Waals surface area contributed by atoms with Crippen LogP contribution >= 0.6 is 0 Å². The Labute approximate surface area is 95.4 Å². The van der Waals surface area contributed by atoms with Gasteiger partial charge in [0.25, 0.3) is 0 Å². The van der Waals surface area contributed by atoms with Crippen LogP contribution in [-0.2, 0) is 0 Å². The third kappa shape index (κ3) is 3.18. The van der Waals surface area contributed by atoms with Crippen LogP contribution in [0.1, 0.15) is 46.5 Å². The maximum Gasteiger partial charge on any atom is 0.0274 e. The fourth-order valence-corrected chi connectivity index (χ4v) is 2.88. The van der Waals surface area contributed by atoms with Crippen molar-refractivity contribution in [3.63, 3.8) is 0 Å². The minimum absolute atomic E-state index is 0.447. The van der Waals surface area contributed by atoms with Crippen molar-refractivity contribution in [1.29, 1.82) is 0 Å². The molecule has 1 fully saturated rings. The van der Waals surface area contributed by atoms with Gasteiger partial charge in [0.2, 0.25) is 0 Å². The molecular formula is C13H28N2. The maximum atomic E-state index is 3.75. The molecule has 90 valence electrons. The zero-order chi connectivity index (χ0) is 11.5. The van der Waals surface area contributed by atoms with E-state index in [1.165, 1.54) is 25.7 Å². The van der Waals surface area contributed by atoms with Crippen molar-refractivity contribution in [2.75, 3.05) is 20.6 Å². The summed E-state index contributed by atoms with van der Waals surface area (Å²) in [5.41, 5.74) is 0.447. The number of hydrogen-bond acceptors (Lipinski definition) is 2.